The highest BCUT2D eigenvalue weighted by Crippen LogP contribution is 2.45. The molecule has 2 aliphatic carbocycles. The summed E-state index contributed by atoms with van der Waals surface area (Å²) in [6, 6.07) is 2.49. The van der Waals surface area contributed by atoms with Crippen LogP contribution in [-0.2, 0) is 0 Å². The van der Waals surface area contributed by atoms with Gasteiger partial charge < -0.3 is 4.74 Å². The minimum absolute atomic E-state index is 0.0604. The third-order valence-electron chi connectivity index (χ3n) is 7.30. The molecule has 0 N–H and O–H groups in total. The lowest BCUT2D eigenvalue weighted by molar-refractivity contribution is 0.155. The Kier molecular flexibility index (Phi) is 8.64. The summed E-state index contributed by atoms with van der Waals surface area (Å²) in [5.41, 5.74) is 0.611. The Morgan fingerprint density at radius 3 is 2.00 bits per heavy atom. The molecule has 0 heterocycles. The highest BCUT2D eigenvalue weighted by atomic mass is 19.3. The number of hydrogen-bond acceptors (Lipinski definition) is 1. The summed E-state index contributed by atoms with van der Waals surface area (Å²) in [5.74, 6) is -0.0459. The van der Waals surface area contributed by atoms with Gasteiger partial charge in [0.05, 0.1) is 0 Å². The van der Waals surface area contributed by atoms with Gasteiger partial charge in [0.15, 0.2) is 23.6 Å². The van der Waals surface area contributed by atoms with Gasteiger partial charge in [0.1, 0.15) is 0 Å². The van der Waals surface area contributed by atoms with Crippen LogP contribution >= 0.6 is 0 Å². The first kappa shape index (κ1) is 23.1. The van der Waals surface area contributed by atoms with Gasteiger partial charge in [-0.25, -0.2) is 8.78 Å². The predicted molar refractivity (Wildman–Crippen MR) is 112 cm³/mol. The zero-order valence-electron chi connectivity index (χ0n) is 17.9. The molecule has 0 saturated heterocycles. The van der Waals surface area contributed by atoms with Crippen LogP contribution in [0.15, 0.2) is 24.5 Å². The van der Waals surface area contributed by atoms with Crippen LogP contribution in [0.25, 0.3) is 0 Å². The van der Waals surface area contributed by atoms with Crippen molar-refractivity contribution in [1.82, 2.24) is 0 Å². The van der Waals surface area contributed by atoms with E-state index in [-0.39, 0.29) is 12.2 Å². The number of ether oxygens (including phenoxy) is 1. The molecule has 1 aromatic carbocycles. The molecule has 0 spiro atoms. The van der Waals surface area contributed by atoms with Crippen molar-refractivity contribution in [1.29, 1.82) is 0 Å². The lowest BCUT2D eigenvalue weighted by atomic mass is 9.68. The van der Waals surface area contributed by atoms with Crippen LogP contribution in [0.5, 0.6) is 5.75 Å². The second-order valence-corrected chi connectivity index (χ2v) is 9.23. The second-order valence-electron chi connectivity index (χ2n) is 9.23. The average Bonchev–Trinajstić information content (AvgIpc) is 2.74. The highest BCUT2D eigenvalue weighted by molar-refractivity contribution is 5.34. The van der Waals surface area contributed by atoms with Crippen molar-refractivity contribution in [2.45, 2.75) is 89.9 Å². The summed E-state index contributed by atoms with van der Waals surface area (Å²) in [6.07, 6.45) is 12.8. The SMILES string of the molecule is CCCCCC1CCC(C2CCC(c3cc(F)c(OC=C(F)F)c(F)c3)CC2)CC1. The Morgan fingerprint density at radius 2 is 1.47 bits per heavy atom. The molecule has 2 fully saturated rings. The number of rotatable bonds is 8. The molecule has 0 atom stereocenters. The maximum Gasteiger partial charge on any atom is 0.305 e. The highest BCUT2D eigenvalue weighted by Gasteiger charge is 2.31. The summed E-state index contributed by atoms with van der Waals surface area (Å²) in [4.78, 5) is 0. The smallest absolute Gasteiger partial charge is 0.305 e. The molecule has 2 saturated carbocycles. The molecule has 0 aliphatic heterocycles. The topological polar surface area (TPSA) is 9.23 Å². The van der Waals surface area contributed by atoms with Crippen LogP contribution in [0.3, 0.4) is 0 Å². The van der Waals surface area contributed by atoms with Gasteiger partial charge in [-0.05, 0) is 79.9 Å². The summed E-state index contributed by atoms with van der Waals surface area (Å²) >= 11 is 0. The number of halogens is 4. The molecule has 0 radical (unpaired) electrons. The van der Waals surface area contributed by atoms with E-state index in [1.807, 2.05) is 0 Å². The quantitative estimate of drug-likeness (QED) is 0.229. The van der Waals surface area contributed by atoms with E-state index in [0.29, 0.717) is 5.56 Å². The molecular weight excluding hydrogens is 392 g/mol. The molecule has 1 aromatic rings. The van der Waals surface area contributed by atoms with Gasteiger partial charge in [-0.2, -0.15) is 8.78 Å². The van der Waals surface area contributed by atoms with Gasteiger partial charge in [-0.3, -0.25) is 0 Å². The molecule has 0 aromatic heterocycles. The molecule has 1 nitrogen and oxygen atoms in total. The number of hydrogen-bond donors (Lipinski definition) is 0. The fraction of sp³-hybridized carbons (Fsp3) is 0.680. The first-order valence-corrected chi connectivity index (χ1v) is 11.6. The van der Waals surface area contributed by atoms with Crippen LogP contribution in [0.1, 0.15) is 95.5 Å². The Morgan fingerprint density at radius 1 is 0.900 bits per heavy atom. The van der Waals surface area contributed by atoms with Crippen molar-refractivity contribution in [3.05, 3.63) is 41.7 Å². The summed E-state index contributed by atoms with van der Waals surface area (Å²) in [6.45, 7) is 2.25. The van der Waals surface area contributed by atoms with Gasteiger partial charge >= 0.3 is 6.08 Å². The Balaban J connectivity index is 1.49. The molecular formula is C25H34F4O. The molecule has 2 aliphatic rings. The Bertz CT molecular complexity index is 674. The van der Waals surface area contributed by atoms with Crippen molar-refractivity contribution in [3.63, 3.8) is 0 Å². The number of unbranched alkanes of at least 4 members (excludes halogenated alkanes) is 2. The van der Waals surface area contributed by atoms with Crippen molar-refractivity contribution in [3.8, 4) is 5.75 Å². The molecule has 3 rings (SSSR count). The van der Waals surface area contributed by atoms with Gasteiger partial charge in [0.25, 0.3) is 0 Å². The fourth-order valence-electron chi connectivity index (χ4n) is 5.59. The third kappa shape index (κ3) is 6.24. The van der Waals surface area contributed by atoms with Crippen molar-refractivity contribution < 1.29 is 22.3 Å². The van der Waals surface area contributed by atoms with Crippen LogP contribution < -0.4 is 4.74 Å². The van der Waals surface area contributed by atoms with Gasteiger partial charge in [-0.15, -0.1) is 0 Å². The van der Waals surface area contributed by atoms with Gasteiger partial charge in [-0.1, -0.05) is 45.4 Å². The minimum atomic E-state index is -2.13. The zero-order valence-corrected chi connectivity index (χ0v) is 17.9. The minimum Gasteiger partial charge on any atom is -0.453 e. The van der Waals surface area contributed by atoms with Gasteiger partial charge in [0.2, 0.25) is 0 Å². The normalized spacial score (nSPS) is 27.0. The number of benzene rings is 1. The van der Waals surface area contributed by atoms with E-state index in [0.717, 1.165) is 43.4 Å². The molecule has 0 unspecified atom stereocenters. The molecule has 0 amide bonds. The average molecular weight is 427 g/mol. The van der Waals surface area contributed by atoms with E-state index in [4.69, 9.17) is 0 Å². The van der Waals surface area contributed by atoms with E-state index < -0.39 is 23.5 Å². The first-order valence-electron chi connectivity index (χ1n) is 11.6. The maximum atomic E-state index is 14.2. The maximum absolute atomic E-state index is 14.2. The lowest BCUT2D eigenvalue weighted by Crippen LogP contribution is -2.25. The largest absolute Gasteiger partial charge is 0.453 e. The summed E-state index contributed by atoms with van der Waals surface area (Å²) in [7, 11) is 0. The fourth-order valence-corrected chi connectivity index (χ4v) is 5.59. The van der Waals surface area contributed by atoms with Crippen LogP contribution in [0.2, 0.25) is 0 Å². The first-order chi connectivity index (χ1) is 14.5. The van der Waals surface area contributed by atoms with E-state index in [1.165, 1.54) is 63.5 Å². The summed E-state index contributed by atoms with van der Waals surface area (Å²) < 4.78 is 57.1. The van der Waals surface area contributed by atoms with Gasteiger partial charge in [0, 0.05) is 0 Å². The molecule has 5 heteroatoms. The second kappa shape index (κ2) is 11.2. The van der Waals surface area contributed by atoms with Crippen LogP contribution in [-0.4, -0.2) is 0 Å². The standard InChI is InChI=1S/C25H34F4O/c1-2-3-4-5-17-6-8-18(9-7-17)19-10-12-20(13-11-19)21-14-22(26)25(23(27)15-21)30-16-24(28)29/h14-20H,2-13H2,1H3. The zero-order chi connectivity index (χ0) is 21.5. The van der Waals surface area contributed by atoms with Crippen molar-refractivity contribution in [2.75, 3.05) is 0 Å². The molecule has 0 bridgehead atoms. The van der Waals surface area contributed by atoms with E-state index in [1.54, 1.807) is 0 Å². The van der Waals surface area contributed by atoms with E-state index in [9.17, 15) is 17.6 Å². The Hall–Kier alpha value is -1.52. The summed E-state index contributed by atoms with van der Waals surface area (Å²) in [5, 5.41) is 0. The van der Waals surface area contributed by atoms with Crippen LogP contribution in [0, 0.1) is 29.4 Å². The third-order valence-corrected chi connectivity index (χ3v) is 7.30. The van der Waals surface area contributed by atoms with E-state index in [2.05, 4.69) is 11.7 Å². The Labute approximate surface area is 177 Å². The van der Waals surface area contributed by atoms with Crippen LogP contribution in [0.4, 0.5) is 17.6 Å². The molecule has 30 heavy (non-hydrogen) atoms. The molecule has 168 valence electrons. The van der Waals surface area contributed by atoms with E-state index >= 15 is 0 Å². The monoisotopic (exact) mass is 426 g/mol. The lowest BCUT2D eigenvalue weighted by Gasteiger charge is -2.38. The van der Waals surface area contributed by atoms with Crippen molar-refractivity contribution >= 4 is 0 Å². The predicted octanol–water partition coefficient (Wildman–Crippen LogP) is 8.74. The van der Waals surface area contributed by atoms with Crippen molar-refractivity contribution in [2.24, 2.45) is 17.8 Å².